The van der Waals surface area contributed by atoms with E-state index in [9.17, 15) is 8.42 Å². The van der Waals surface area contributed by atoms with Crippen molar-refractivity contribution in [1.82, 2.24) is 0 Å². The molecule has 0 saturated heterocycles. The zero-order chi connectivity index (χ0) is 14.5. The van der Waals surface area contributed by atoms with E-state index in [1.807, 2.05) is 20.8 Å². The van der Waals surface area contributed by atoms with Crippen LogP contribution in [0.2, 0.25) is 0 Å². The van der Waals surface area contributed by atoms with Gasteiger partial charge < -0.3 is 10.4 Å². The normalized spacial score (nSPS) is 14.9. The summed E-state index contributed by atoms with van der Waals surface area (Å²) in [6, 6.07) is 6.92. The molecule has 0 aromatic heterocycles. The molecule has 2 atom stereocenters. The van der Waals surface area contributed by atoms with Crippen molar-refractivity contribution >= 4 is 15.5 Å². The summed E-state index contributed by atoms with van der Waals surface area (Å²) in [6.45, 7) is 5.92. The molecule has 1 rings (SSSR count). The first-order chi connectivity index (χ1) is 8.90. The van der Waals surface area contributed by atoms with Crippen LogP contribution in [0.25, 0.3) is 0 Å². The van der Waals surface area contributed by atoms with Crippen LogP contribution in [0.3, 0.4) is 0 Å². The Hall–Kier alpha value is -1.07. The molecule has 0 aliphatic rings. The molecule has 0 aliphatic heterocycles. The number of aliphatic hydroxyl groups excluding tert-OH is 1. The summed E-state index contributed by atoms with van der Waals surface area (Å²) in [5.41, 5.74) is 0.864. The maximum absolute atomic E-state index is 11.9. The zero-order valence-electron chi connectivity index (χ0n) is 11.8. The molecule has 0 radical (unpaired) electrons. The van der Waals surface area contributed by atoms with Gasteiger partial charge >= 0.3 is 0 Å². The number of rotatable bonds is 7. The fraction of sp³-hybridized carbons (Fsp3) is 0.571. The van der Waals surface area contributed by atoms with Gasteiger partial charge in [0.25, 0.3) is 0 Å². The van der Waals surface area contributed by atoms with Crippen molar-refractivity contribution < 1.29 is 13.5 Å². The SMILES string of the molecule is CCCS(=O)(=O)c1ccc(NC(C)C(C)CO)cc1. The topological polar surface area (TPSA) is 66.4 Å². The molecule has 19 heavy (non-hydrogen) atoms. The Morgan fingerprint density at radius 2 is 1.79 bits per heavy atom. The number of nitrogens with one attached hydrogen (secondary N) is 1. The molecule has 0 amide bonds. The molecule has 1 aromatic rings. The standard InChI is InChI=1S/C14H23NO3S/c1-4-9-19(17,18)14-7-5-13(6-8-14)15-12(3)11(2)10-16/h5-8,11-12,15-16H,4,9-10H2,1-3H3. The quantitative estimate of drug-likeness (QED) is 0.806. The predicted molar refractivity (Wildman–Crippen MR) is 78.1 cm³/mol. The van der Waals surface area contributed by atoms with Crippen LogP contribution in [0.5, 0.6) is 0 Å². The van der Waals surface area contributed by atoms with Crippen molar-refractivity contribution in [2.24, 2.45) is 5.92 Å². The first kappa shape index (κ1) is 16.0. The third-order valence-corrected chi connectivity index (χ3v) is 5.16. The minimum Gasteiger partial charge on any atom is -0.396 e. The van der Waals surface area contributed by atoms with Gasteiger partial charge in [0.2, 0.25) is 0 Å². The summed E-state index contributed by atoms with van der Waals surface area (Å²) >= 11 is 0. The van der Waals surface area contributed by atoms with Gasteiger partial charge in [-0.3, -0.25) is 0 Å². The highest BCUT2D eigenvalue weighted by Crippen LogP contribution is 2.18. The molecule has 0 fully saturated rings. The van der Waals surface area contributed by atoms with Gasteiger partial charge in [-0.05, 0) is 43.5 Å². The molecule has 0 heterocycles. The largest absolute Gasteiger partial charge is 0.396 e. The number of hydrogen-bond acceptors (Lipinski definition) is 4. The molecule has 108 valence electrons. The third-order valence-electron chi connectivity index (χ3n) is 3.22. The van der Waals surface area contributed by atoms with Crippen molar-refractivity contribution in [3.63, 3.8) is 0 Å². The molecule has 1 aromatic carbocycles. The van der Waals surface area contributed by atoms with Gasteiger partial charge in [0.15, 0.2) is 9.84 Å². The first-order valence-electron chi connectivity index (χ1n) is 6.61. The molecule has 2 N–H and O–H groups in total. The number of hydrogen-bond donors (Lipinski definition) is 2. The first-order valence-corrected chi connectivity index (χ1v) is 8.26. The Kier molecular flexibility index (Phi) is 5.82. The van der Waals surface area contributed by atoms with E-state index in [0.29, 0.717) is 11.3 Å². The maximum atomic E-state index is 11.9. The van der Waals surface area contributed by atoms with Gasteiger partial charge in [-0.25, -0.2) is 8.42 Å². The van der Waals surface area contributed by atoms with Gasteiger partial charge in [-0.2, -0.15) is 0 Å². The molecular formula is C14H23NO3S. The third kappa shape index (κ3) is 4.51. The fourth-order valence-electron chi connectivity index (χ4n) is 1.71. The summed E-state index contributed by atoms with van der Waals surface area (Å²) in [7, 11) is -3.14. The minimum absolute atomic E-state index is 0.122. The van der Waals surface area contributed by atoms with Crippen LogP contribution in [-0.4, -0.2) is 31.9 Å². The Balaban J connectivity index is 2.77. The zero-order valence-corrected chi connectivity index (χ0v) is 12.6. The van der Waals surface area contributed by atoms with Gasteiger partial charge in [0, 0.05) is 18.3 Å². The summed E-state index contributed by atoms with van der Waals surface area (Å²) in [6.07, 6.45) is 0.618. The van der Waals surface area contributed by atoms with Crippen LogP contribution in [-0.2, 0) is 9.84 Å². The van der Waals surface area contributed by atoms with E-state index in [1.54, 1.807) is 24.3 Å². The van der Waals surface area contributed by atoms with E-state index in [-0.39, 0.29) is 24.3 Å². The van der Waals surface area contributed by atoms with Crippen LogP contribution in [0.15, 0.2) is 29.2 Å². The fourth-order valence-corrected chi connectivity index (χ4v) is 3.03. The van der Waals surface area contributed by atoms with E-state index in [1.165, 1.54) is 0 Å². The molecule has 5 heteroatoms. The van der Waals surface area contributed by atoms with Crippen molar-refractivity contribution in [3.8, 4) is 0 Å². The highest BCUT2D eigenvalue weighted by molar-refractivity contribution is 7.91. The highest BCUT2D eigenvalue weighted by atomic mass is 32.2. The van der Waals surface area contributed by atoms with E-state index in [0.717, 1.165) is 5.69 Å². The van der Waals surface area contributed by atoms with E-state index < -0.39 is 9.84 Å². The van der Waals surface area contributed by atoms with E-state index in [2.05, 4.69) is 5.32 Å². The highest BCUT2D eigenvalue weighted by Gasteiger charge is 2.14. The second-order valence-corrected chi connectivity index (χ2v) is 7.05. The maximum Gasteiger partial charge on any atom is 0.178 e. The van der Waals surface area contributed by atoms with E-state index >= 15 is 0 Å². The molecule has 0 bridgehead atoms. The molecular weight excluding hydrogens is 262 g/mol. The molecule has 2 unspecified atom stereocenters. The molecule has 0 aliphatic carbocycles. The lowest BCUT2D eigenvalue weighted by molar-refractivity contribution is 0.226. The average molecular weight is 285 g/mol. The number of benzene rings is 1. The average Bonchev–Trinajstić information content (AvgIpc) is 2.38. The van der Waals surface area contributed by atoms with E-state index in [4.69, 9.17) is 5.11 Å². The van der Waals surface area contributed by atoms with Gasteiger partial charge in [0.1, 0.15) is 0 Å². The molecule has 4 nitrogen and oxygen atoms in total. The number of aliphatic hydroxyl groups is 1. The van der Waals surface area contributed by atoms with Gasteiger partial charge in [-0.1, -0.05) is 13.8 Å². The minimum atomic E-state index is -3.14. The Morgan fingerprint density at radius 1 is 1.21 bits per heavy atom. The summed E-state index contributed by atoms with van der Waals surface area (Å²) < 4.78 is 23.7. The Morgan fingerprint density at radius 3 is 2.26 bits per heavy atom. The summed E-state index contributed by atoms with van der Waals surface area (Å²) in [4.78, 5) is 0.364. The Labute approximate surface area is 115 Å². The second-order valence-electron chi connectivity index (χ2n) is 4.94. The summed E-state index contributed by atoms with van der Waals surface area (Å²) in [5, 5.41) is 12.3. The van der Waals surface area contributed by atoms with Crippen LogP contribution >= 0.6 is 0 Å². The second kappa shape index (κ2) is 6.91. The van der Waals surface area contributed by atoms with Crippen molar-refractivity contribution in [1.29, 1.82) is 0 Å². The van der Waals surface area contributed by atoms with Crippen LogP contribution in [0.1, 0.15) is 27.2 Å². The monoisotopic (exact) mass is 285 g/mol. The Bertz CT molecular complexity index is 482. The van der Waals surface area contributed by atoms with Gasteiger partial charge in [0.05, 0.1) is 10.6 Å². The molecule has 0 saturated carbocycles. The lowest BCUT2D eigenvalue weighted by atomic mass is 10.1. The number of sulfone groups is 1. The van der Waals surface area contributed by atoms with Crippen LogP contribution in [0.4, 0.5) is 5.69 Å². The predicted octanol–water partition coefficient (Wildman–Crippen LogP) is 2.30. The summed E-state index contributed by atoms with van der Waals surface area (Å²) in [5.74, 6) is 0.320. The lowest BCUT2D eigenvalue weighted by Crippen LogP contribution is -2.26. The van der Waals surface area contributed by atoms with Crippen molar-refractivity contribution in [3.05, 3.63) is 24.3 Å². The lowest BCUT2D eigenvalue weighted by Gasteiger charge is -2.20. The van der Waals surface area contributed by atoms with Crippen LogP contribution < -0.4 is 5.32 Å². The van der Waals surface area contributed by atoms with Gasteiger partial charge in [-0.15, -0.1) is 0 Å². The number of anilines is 1. The van der Waals surface area contributed by atoms with Crippen molar-refractivity contribution in [2.45, 2.75) is 38.1 Å². The van der Waals surface area contributed by atoms with Crippen LogP contribution in [0, 0.1) is 5.92 Å². The smallest absolute Gasteiger partial charge is 0.178 e. The van der Waals surface area contributed by atoms with Crippen molar-refractivity contribution in [2.75, 3.05) is 17.7 Å². The molecule has 0 spiro atoms.